The highest BCUT2D eigenvalue weighted by atomic mass is 16.2. The first-order valence-corrected chi connectivity index (χ1v) is 9.27. The van der Waals surface area contributed by atoms with E-state index in [0.29, 0.717) is 18.4 Å². The molecule has 1 amide bonds. The number of nitrogens with zero attached hydrogens (tertiary/aromatic N) is 2. The molecule has 25 heavy (non-hydrogen) atoms. The van der Waals surface area contributed by atoms with Gasteiger partial charge in [0.15, 0.2) is 0 Å². The molecule has 1 aromatic carbocycles. The van der Waals surface area contributed by atoms with E-state index in [0.717, 1.165) is 25.9 Å². The largest absolute Gasteiger partial charge is 0.357 e. The minimum Gasteiger partial charge on any atom is -0.357 e. The Balaban J connectivity index is 1.67. The first kappa shape index (κ1) is 16.4. The summed E-state index contributed by atoms with van der Waals surface area (Å²) in [5, 5.41) is 1.37. The SMILES string of the molecule is C/C=C1\CN2CCc3c([nH]c4ccccc34)[C@@H]2C[C@@H]1CC(=O)N(C)C. The van der Waals surface area contributed by atoms with Crippen molar-refractivity contribution < 1.29 is 4.79 Å². The standard InChI is InChI=1S/C21H27N3O/c1-4-14-13-24-10-9-17-16-7-5-6-8-18(16)22-21(17)19(24)11-15(14)12-20(25)23(2)3/h4-8,15,19,22H,9-13H2,1-3H3/b14-4+/t15-,19+/m1/s1. The van der Waals surface area contributed by atoms with Gasteiger partial charge in [0.05, 0.1) is 6.04 Å². The van der Waals surface area contributed by atoms with Crippen LogP contribution in [0.1, 0.15) is 37.1 Å². The van der Waals surface area contributed by atoms with Gasteiger partial charge in [0, 0.05) is 50.2 Å². The Kier molecular flexibility index (Phi) is 4.16. The molecule has 2 aliphatic heterocycles. The van der Waals surface area contributed by atoms with E-state index < -0.39 is 0 Å². The number of hydrogen-bond acceptors (Lipinski definition) is 2. The lowest BCUT2D eigenvalue weighted by molar-refractivity contribution is -0.129. The van der Waals surface area contributed by atoms with Gasteiger partial charge >= 0.3 is 0 Å². The van der Waals surface area contributed by atoms with Crippen LogP contribution in [-0.4, -0.2) is 47.9 Å². The molecule has 2 aliphatic rings. The highest BCUT2D eigenvalue weighted by molar-refractivity contribution is 5.85. The van der Waals surface area contributed by atoms with Crippen molar-refractivity contribution in [3.05, 3.63) is 47.2 Å². The number of hydrogen-bond donors (Lipinski definition) is 1. The van der Waals surface area contributed by atoms with Gasteiger partial charge < -0.3 is 9.88 Å². The molecule has 2 atom stereocenters. The summed E-state index contributed by atoms with van der Waals surface area (Å²) in [7, 11) is 3.70. The van der Waals surface area contributed by atoms with E-state index in [1.165, 1.54) is 27.7 Å². The fourth-order valence-corrected chi connectivity index (χ4v) is 4.54. The first-order valence-electron chi connectivity index (χ1n) is 9.27. The molecule has 4 rings (SSSR count). The van der Waals surface area contributed by atoms with Crippen LogP contribution in [0.5, 0.6) is 0 Å². The fourth-order valence-electron chi connectivity index (χ4n) is 4.54. The van der Waals surface area contributed by atoms with Gasteiger partial charge in [-0.15, -0.1) is 0 Å². The van der Waals surface area contributed by atoms with Gasteiger partial charge in [-0.25, -0.2) is 0 Å². The Labute approximate surface area is 149 Å². The zero-order valence-corrected chi connectivity index (χ0v) is 15.4. The molecule has 0 spiro atoms. The second-order valence-corrected chi connectivity index (χ2v) is 7.59. The van der Waals surface area contributed by atoms with E-state index in [4.69, 9.17) is 0 Å². The number of aromatic nitrogens is 1. The third kappa shape index (κ3) is 2.78. The molecular formula is C21H27N3O. The summed E-state index contributed by atoms with van der Waals surface area (Å²) in [5.41, 5.74) is 5.53. The van der Waals surface area contributed by atoms with E-state index in [1.54, 1.807) is 4.90 Å². The van der Waals surface area contributed by atoms with Crippen molar-refractivity contribution in [1.29, 1.82) is 0 Å². The van der Waals surface area contributed by atoms with Crippen LogP contribution < -0.4 is 0 Å². The summed E-state index contributed by atoms with van der Waals surface area (Å²) < 4.78 is 0. The topological polar surface area (TPSA) is 39.3 Å². The van der Waals surface area contributed by atoms with Crippen molar-refractivity contribution in [2.24, 2.45) is 5.92 Å². The Morgan fingerprint density at radius 1 is 1.36 bits per heavy atom. The van der Waals surface area contributed by atoms with E-state index in [9.17, 15) is 4.79 Å². The normalized spacial score (nSPS) is 25.0. The third-order valence-electron chi connectivity index (χ3n) is 5.98. The van der Waals surface area contributed by atoms with Crippen LogP contribution in [0.15, 0.2) is 35.9 Å². The van der Waals surface area contributed by atoms with Gasteiger partial charge in [-0.3, -0.25) is 9.69 Å². The molecule has 1 aromatic heterocycles. The Hall–Kier alpha value is -2.07. The fraction of sp³-hybridized carbons (Fsp3) is 0.476. The van der Waals surface area contributed by atoms with Gasteiger partial charge in [0.1, 0.15) is 0 Å². The summed E-state index contributed by atoms with van der Waals surface area (Å²) in [6, 6.07) is 9.03. The summed E-state index contributed by atoms with van der Waals surface area (Å²) in [6.07, 6.45) is 4.98. The van der Waals surface area contributed by atoms with Crippen LogP contribution in [0.4, 0.5) is 0 Å². The van der Waals surface area contributed by atoms with Crippen molar-refractivity contribution in [3.63, 3.8) is 0 Å². The molecule has 2 aromatic rings. The average Bonchev–Trinajstić information content (AvgIpc) is 3.00. The monoisotopic (exact) mass is 337 g/mol. The number of piperidine rings is 1. The number of H-pyrrole nitrogens is 1. The maximum absolute atomic E-state index is 12.3. The number of allylic oxidation sites excluding steroid dienone is 1. The molecule has 1 saturated heterocycles. The third-order valence-corrected chi connectivity index (χ3v) is 5.98. The van der Waals surface area contributed by atoms with Crippen molar-refractivity contribution in [2.75, 3.05) is 27.2 Å². The quantitative estimate of drug-likeness (QED) is 0.852. The number of benzene rings is 1. The van der Waals surface area contributed by atoms with Gasteiger partial charge in [0.25, 0.3) is 0 Å². The highest BCUT2D eigenvalue weighted by Crippen LogP contribution is 2.43. The molecule has 0 radical (unpaired) electrons. The molecule has 0 aliphatic carbocycles. The molecule has 0 saturated carbocycles. The summed E-state index contributed by atoms with van der Waals surface area (Å²) in [5.74, 6) is 0.573. The van der Waals surface area contributed by atoms with Crippen molar-refractivity contribution >= 4 is 16.8 Å². The van der Waals surface area contributed by atoms with Gasteiger partial charge in [-0.05, 0) is 37.3 Å². The van der Waals surface area contributed by atoms with Crippen LogP contribution in [-0.2, 0) is 11.2 Å². The maximum Gasteiger partial charge on any atom is 0.222 e. The molecule has 3 heterocycles. The Morgan fingerprint density at radius 3 is 2.92 bits per heavy atom. The van der Waals surface area contributed by atoms with Crippen LogP contribution in [0.2, 0.25) is 0 Å². The smallest absolute Gasteiger partial charge is 0.222 e. The van der Waals surface area contributed by atoms with E-state index >= 15 is 0 Å². The minimum atomic E-state index is 0.227. The van der Waals surface area contributed by atoms with E-state index in [2.05, 4.69) is 47.1 Å². The second-order valence-electron chi connectivity index (χ2n) is 7.59. The highest BCUT2D eigenvalue weighted by Gasteiger charge is 2.38. The molecule has 0 unspecified atom stereocenters. The lowest BCUT2D eigenvalue weighted by atomic mass is 9.80. The van der Waals surface area contributed by atoms with Gasteiger partial charge in [-0.1, -0.05) is 29.8 Å². The van der Waals surface area contributed by atoms with Crippen molar-refractivity contribution in [3.8, 4) is 0 Å². The zero-order chi connectivity index (χ0) is 17.6. The van der Waals surface area contributed by atoms with Crippen LogP contribution in [0.25, 0.3) is 10.9 Å². The number of carbonyl (C=O) groups excluding carboxylic acids is 1. The Bertz CT molecular complexity index is 833. The lowest BCUT2D eigenvalue weighted by Gasteiger charge is -2.43. The first-order chi connectivity index (χ1) is 12.1. The lowest BCUT2D eigenvalue weighted by Crippen LogP contribution is -2.43. The number of carbonyl (C=O) groups is 1. The Morgan fingerprint density at radius 2 is 2.16 bits per heavy atom. The van der Waals surface area contributed by atoms with E-state index in [1.807, 2.05) is 14.1 Å². The number of para-hydroxylation sites is 1. The van der Waals surface area contributed by atoms with Crippen molar-refractivity contribution in [1.82, 2.24) is 14.8 Å². The average molecular weight is 337 g/mol. The predicted molar refractivity (Wildman–Crippen MR) is 101 cm³/mol. The minimum absolute atomic E-state index is 0.227. The van der Waals surface area contributed by atoms with Crippen LogP contribution in [0, 0.1) is 5.92 Å². The molecular weight excluding hydrogens is 310 g/mol. The molecule has 132 valence electrons. The summed E-state index contributed by atoms with van der Waals surface area (Å²) in [4.78, 5) is 20.3. The number of nitrogens with one attached hydrogen (secondary N) is 1. The molecule has 1 N–H and O–H groups in total. The summed E-state index contributed by atoms with van der Waals surface area (Å²) in [6.45, 7) is 4.20. The summed E-state index contributed by atoms with van der Waals surface area (Å²) >= 11 is 0. The molecule has 1 fully saturated rings. The van der Waals surface area contributed by atoms with Gasteiger partial charge in [-0.2, -0.15) is 0 Å². The number of rotatable bonds is 2. The molecule has 4 nitrogen and oxygen atoms in total. The van der Waals surface area contributed by atoms with Gasteiger partial charge in [0.2, 0.25) is 5.91 Å². The maximum atomic E-state index is 12.3. The van der Waals surface area contributed by atoms with E-state index in [-0.39, 0.29) is 5.91 Å². The predicted octanol–water partition coefficient (Wildman–Crippen LogP) is 3.51. The molecule has 0 bridgehead atoms. The van der Waals surface area contributed by atoms with Crippen molar-refractivity contribution in [2.45, 2.75) is 32.2 Å². The second kappa shape index (κ2) is 6.34. The molecule has 4 heteroatoms. The zero-order valence-electron chi connectivity index (χ0n) is 15.4. The van der Waals surface area contributed by atoms with Crippen LogP contribution >= 0.6 is 0 Å². The number of amides is 1. The number of fused-ring (bicyclic) bond motifs is 5. The van der Waals surface area contributed by atoms with Crippen LogP contribution in [0.3, 0.4) is 0 Å². The number of aromatic amines is 1.